The molecular formula is C20H18N4O. The third-order valence-corrected chi connectivity index (χ3v) is 4.04. The van der Waals surface area contributed by atoms with Crippen LogP contribution in [0.3, 0.4) is 0 Å². The number of hydrogen-bond donors (Lipinski definition) is 1. The van der Waals surface area contributed by atoms with Gasteiger partial charge in [0, 0.05) is 11.8 Å². The number of nitrogens with zero attached hydrogens (tertiary/aromatic N) is 3. The SMILES string of the molecule is COc1ccc2nn(-c3ccccc3Nc3ccc(C)cc3)nc2c1. The summed E-state index contributed by atoms with van der Waals surface area (Å²) in [6.07, 6.45) is 0. The average molecular weight is 330 g/mol. The lowest BCUT2D eigenvalue weighted by Crippen LogP contribution is -2.03. The zero-order valence-corrected chi connectivity index (χ0v) is 14.1. The Labute approximate surface area is 145 Å². The Kier molecular flexibility index (Phi) is 3.82. The van der Waals surface area contributed by atoms with Crippen molar-refractivity contribution in [1.29, 1.82) is 0 Å². The second-order valence-corrected chi connectivity index (χ2v) is 5.85. The first-order valence-electron chi connectivity index (χ1n) is 8.07. The summed E-state index contributed by atoms with van der Waals surface area (Å²) in [7, 11) is 1.65. The van der Waals surface area contributed by atoms with Crippen LogP contribution in [0.2, 0.25) is 0 Å². The lowest BCUT2D eigenvalue weighted by Gasteiger charge is -2.11. The standard InChI is InChI=1S/C20H18N4O/c1-14-7-9-15(10-8-14)21-18-5-3-4-6-20(18)24-22-17-12-11-16(25-2)13-19(17)23-24/h3-13,21H,1-2H3. The van der Waals surface area contributed by atoms with Gasteiger partial charge in [-0.1, -0.05) is 29.8 Å². The Bertz CT molecular complexity index is 1020. The molecule has 0 atom stereocenters. The van der Waals surface area contributed by atoms with E-state index in [1.807, 2.05) is 42.5 Å². The molecule has 0 unspecified atom stereocenters. The normalized spacial score (nSPS) is 10.8. The molecule has 4 rings (SSSR count). The van der Waals surface area contributed by atoms with Crippen molar-refractivity contribution in [2.75, 3.05) is 12.4 Å². The van der Waals surface area contributed by atoms with E-state index in [0.717, 1.165) is 33.8 Å². The zero-order valence-electron chi connectivity index (χ0n) is 14.1. The average Bonchev–Trinajstić information content (AvgIpc) is 3.07. The van der Waals surface area contributed by atoms with E-state index >= 15 is 0 Å². The highest BCUT2D eigenvalue weighted by atomic mass is 16.5. The first-order chi connectivity index (χ1) is 12.2. The maximum atomic E-state index is 5.26. The molecule has 0 fully saturated rings. The van der Waals surface area contributed by atoms with Gasteiger partial charge in [0.2, 0.25) is 0 Å². The molecule has 0 aliphatic carbocycles. The molecule has 0 aliphatic heterocycles. The Morgan fingerprint density at radius 1 is 0.880 bits per heavy atom. The fraction of sp³-hybridized carbons (Fsp3) is 0.100. The maximum Gasteiger partial charge on any atom is 0.121 e. The van der Waals surface area contributed by atoms with Crippen molar-refractivity contribution in [3.05, 3.63) is 72.3 Å². The molecule has 1 N–H and O–H groups in total. The minimum Gasteiger partial charge on any atom is -0.497 e. The van der Waals surface area contributed by atoms with Crippen molar-refractivity contribution in [2.24, 2.45) is 0 Å². The Hall–Kier alpha value is -3.34. The molecule has 124 valence electrons. The summed E-state index contributed by atoms with van der Waals surface area (Å²) in [4.78, 5) is 1.65. The van der Waals surface area contributed by atoms with Gasteiger partial charge in [-0.2, -0.15) is 0 Å². The molecule has 25 heavy (non-hydrogen) atoms. The van der Waals surface area contributed by atoms with Crippen LogP contribution in [0.15, 0.2) is 66.7 Å². The van der Waals surface area contributed by atoms with E-state index in [1.165, 1.54) is 5.56 Å². The highest BCUT2D eigenvalue weighted by Crippen LogP contribution is 2.25. The monoisotopic (exact) mass is 330 g/mol. The molecule has 5 nitrogen and oxygen atoms in total. The summed E-state index contributed by atoms with van der Waals surface area (Å²) in [6, 6.07) is 21.9. The van der Waals surface area contributed by atoms with Gasteiger partial charge >= 0.3 is 0 Å². The minimum absolute atomic E-state index is 0.769. The van der Waals surface area contributed by atoms with Crippen LogP contribution in [-0.2, 0) is 0 Å². The number of rotatable bonds is 4. The van der Waals surface area contributed by atoms with Crippen LogP contribution < -0.4 is 10.1 Å². The summed E-state index contributed by atoms with van der Waals surface area (Å²) in [5, 5.41) is 12.6. The number of methoxy groups -OCH3 is 1. The number of ether oxygens (including phenoxy) is 1. The zero-order chi connectivity index (χ0) is 17.2. The van der Waals surface area contributed by atoms with Gasteiger partial charge in [0.25, 0.3) is 0 Å². The molecular weight excluding hydrogens is 312 g/mol. The maximum absolute atomic E-state index is 5.26. The predicted molar refractivity (Wildman–Crippen MR) is 99.9 cm³/mol. The van der Waals surface area contributed by atoms with Crippen molar-refractivity contribution in [1.82, 2.24) is 15.0 Å². The lowest BCUT2D eigenvalue weighted by molar-refractivity contribution is 0.415. The molecule has 1 aromatic heterocycles. The smallest absolute Gasteiger partial charge is 0.121 e. The van der Waals surface area contributed by atoms with Gasteiger partial charge in [-0.05, 0) is 43.3 Å². The van der Waals surface area contributed by atoms with Crippen molar-refractivity contribution >= 4 is 22.4 Å². The topological polar surface area (TPSA) is 52.0 Å². The second-order valence-electron chi connectivity index (χ2n) is 5.85. The van der Waals surface area contributed by atoms with Gasteiger partial charge in [0.05, 0.1) is 12.8 Å². The molecule has 0 saturated carbocycles. The molecule has 0 bridgehead atoms. The highest BCUT2D eigenvalue weighted by molar-refractivity contribution is 5.76. The van der Waals surface area contributed by atoms with Gasteiger partial charge in [-0.15, -0.1) is 15.0 Å². The molecule has 3 aromatic carbocycles. The second kappa shape index (κ2) is 6.28. The Morgan fingerprint density at radius 3 is 2.44 bits per heavy atom. The number of fused-ring (bicyclic) bond motifs is 1. The number of aryl methyl sites for hydroxylation is 1. The van der Waals surface area contributed by atoms with Gasteiger partial charge in [-0.3, -0.25) is 0 Å². The van der Waals surface area contributed by atoms with Crippen LogP contribution in [0.25, 0.3) is 16.7 Å². The first-order valence-corrected chi connectivity index (χ1v) is 8.07. The van der Waals surface area contributed by atoms with E-state index in [2.05, 4.69) is 46.7 Å². The van der Waals surface area contributed by atoms with E-state index < -0.39 is 0 Å². The van der Waals surface area contributed by atoms with Gasteiger partial charge < -0.3 is 10.1 Å². The van der Waals surface area contributed by atoms with E-state index in [-0.39, 0.29) is 0 Å². The van der Waals surface area contributed by atoms with Crippen LogP contribution in [0.1, 0.15) is 5.56 Å². The van der Waals surface area contributed by atoms with E-state index in [0.29, 0.717) is 0 Å². The number of benzene rings is 3. The molecule has 4 aromatic rings. The van der Waals surface area contributed by atoms with Crippen LogP contribution in [-0.4, -0.2) is 22.1 Å². The highest BCUT2D eigenvalue weighted by Gasteiger charge is 2.10. The van der Waals surface area contributed by atoms with Crippen molar-refractivity contribution < 1.29 is 4.74 Å². The van der Waals surface area contributed by atoms with Crippen molar-refractivity contribution in [3.63, 3.8) is 0 Å². The molecule has 5 heteroatoms. The van der Waals surface area contributed by atoms with E-state index in [4.69, 9.17) is 4.74 Å². The first kappa shape index (κ1) is 15.2. The summed E-state index contributed by atoms with van der Waals surface area (Å²) in [6.45, 7) is 2.07. The van der Waals surface area contributed by atoms with Gasteiger partial charge in [0.1, 0.15) is 22.5 Å². The number of para-hydroxylation sites is 2. The number of aromatic nitrogens is 3. The van der Waals surface area contributed by atoms with Crippen LogP contribution in [0.4, 0.5) is 11.4 Å². The third-order valence-electron chi connectivity index (χ3n) is 4.04. The fourth-order valence-corrected chi connectivity index (χ4v) is 2.68. The summed E-state index contributed by atoms with van der Waals surface area (Å²) in [5.41, 5.74) is 5.71. The van der Waals surface area contributed by atoms with Crippen LogP contribution in [0, 0.1) is 6.92 Å². The summed E-state index contributed by atoms with van der Waals surface area (Å²) in [5.74, 6) is 0.769. The number of nitrogens with one attached hydrogen (secondary N) is 1. The quantitative estimate of drug-likeness (QED) is 0.599. The van der Waals surface area contributed by atoms with E-state index in [1.54, 1.807) is 11.9 Å². The summed E-state index contributed by atoms with van der Waals surface area (Å²) < 4.78 is 5.26. The fourth-order valence-electron chi connectivity index (χ4n) is 2.68. The minimum atomic E-state index is 0.769. The van der Waals surface area contributed by atoms with Crippen LogP contribution >= 0.6 is 0 Å². The summed E-state index contributed by atoms with van der Waals surface area (Å²) >= 11 is 0. The predicted octanol–water partition coefficient (Wildman–Crippen LogP) is 4.48. The molecule has 0 amide bonds. The lowest BCUT2D eigenvalue weighted by atomic mass is 10.2. The molecule has 0 saturated heterocycles. The van der Waals surface area contributed by atoms with Crippen LogP contribution in [0.5, 0.6) is 5.75 Å². The number of hydrogen-bond acceptors (Lipinski definition) is 4. The van der Waals surface area contributed by atoms with Crippen molar-refractivity contribution in [2.45, 2.75) is 6.92 Å². The Morgan fingerprint density at radius 2 is 1.64 bits per heavy atom. The van der Waals surface area contributed by atoms with E-state index in [9.17, 15) is 0 Å². The Balaban J connectivity index is 1.74. The van der Waals surface area contributed by atoms with Crippen molar-refractivity contribution in [3.8, 4) is 11.4 Å². The molecule has 1 heterocycles. The number of anilines is 2. The molecule has 0 aliphatic rings. The largest absolute Gasteiger partial charge is 0.497 e. The van der Waals surface area contributed by atoms with Gasteiger partial charge in [-0.25, -0.2) is 0 Å². The van der Waals surface area contributed by atoms with Gasteiger partial charge in [0.15, 0.2) is 0 Å². The third kappa shape index (κ3) is 3.04. The molecule has 0 radical (unpaired) electrons. The molecule has 0 spiro atoms.